The van der Waals surface area contributed by atoms with Crippen LogP contribution in [0.1, 0.15) is 23.7 Å². The maximum atomic E-state index is 12.0. The molecule has 1 aromatic rings. The van der Waals surface area contributed by atoms with Crippen LogP contribution in [0.3, 0.4) is 0 Å². The van der Waals surface area contributed by atoms with Crippen molar-refractivity contribution in [3.8, 4) is 0 Å². The molecular weight excluding hydrogens is 268 g/mol. The van der Waals surface area contributed by atoms with Gasteiger partial charge in [0.2, 0.25) is 0 Å². The molecule has 1 aliphatic rings. The number of ether oxygens (including phenoxy) is 1. The molecule has 4 N–H and O–H groups in total. The minimum absolute atomic E-state index is 0.148. The van der Waals surface area contributed by atoms with Gasteiger partial charge in [-0.3, -0.25) is 4.79 Å². The summed E-state index contributed by atoms with van der Waals surface area (Å²) < 4.78 is 5.30. The summed E-state index contributed by atoms with van der Waals surface area (Å²) >= 11 is 5.86. The van der Waals surface area contributed by atoms with Crippen LogP contribution in [0.2, 0.25) is 5.02 Å². The van der Waals surface area contributed by atoms with Gasteiger partial charge in [-0.1, -0.05) is 11.6 Å². The van der Waals surface area contributed by atoms with Gasteiger partial charge in [0.05, 0.1) is 16.8 Å². The smallest absolute Gasteiger partial charge is 0.251 e. The summed E-state index contributed by atoms with van der Waals surface area (Å²) in [6.07, 6.45) is 0.222. The molecule has 2 atom stereocenters. The van der Waals surface area contributed by atoms with Gasteiger partial charge in [-0.2, -0.15) is 0 Å². The SMILES string of the molecule is CC1OCCC1(O)CNC(=O)c1ccc(N)c(Cl)c1. The lowest BCUT2D eigenvalue weighted by atomic mass is 9.96. The van der Waals surface area contributed by atoms with E-state index in [1.54, 1.807) is 19.1 Å². The first-order chi connectivity index (χ1) is 8.92. The fourth-order valence-corrected chi connectivity index (χ4v) is 2.19. The molecule has 1 fully saturated rings. The molecule has 0 saturated carbocycles. The lowest BCUT2D eigenvalue weighted by Gasteiger charge is -2.26. The van der Waals surface area contributed by atoms with E-state index < -0.39 is 5.60 Å². The third kappa shape index (κ3) is 3.00. The Bertz CT molecular complexity index is 495. The maximum Gasteiger partial charge on any atom is 0.251 e. The van der Waals surface area contributed by atoms with Gasteiger partial charge < -0.3 is 20.9 Å². The summed E-state index contributed by atoms with van der Waals surface area (Å²) in [6.45, 7) is 2.44. The standard InChI is InChI=1S/C13H17ClN2O3/c1-8-13(18,4-5-19-8)7-16-12(17)9-2-3-11(15)10(14)6-9/h2-3,6,8,18H,4-5,7,15H2,1H3,(H,16,17). The summed E-state index contributed by atoms with van der Waals surface area (Å²) in [6, 6.07) is 4.67. The van der Waals surface area contributed by atoms with Crippen molar-refractivity contribution in [1.82, 2.24) is 5.32 Å². The van der Waals surface area contributed by atoms with Crippen LogP contribution in [0.4, 0.5) is 5.69 Å². The van der Waals surface area contributed by atoms with Crippen molar-refractivity contribution in [2.75, 3.05) is 18.9 Å². The predicted molar refractivity (Wildman–Crippen MR) is 73.2 cm³/mol. The highest BCUT2D eigenvalue weighted by Crippen LogP contribution is 2.25. The first-order valence-electron chi connectivity index (χ1n) is 6.09. The van der Waals surface area contributed by atoms with Crippen LogP contribution in [-0.2, 0) is 4.74 Å². The van der Waals surface area contributed by atoms with E-state index in [0.717, 1.165) is 0 Å². The largest absolute Gasteiger partial charge is 0.398 e. The monoisotopic (exact) mass is 284 g/mol. The lowest BCUT2D eigenvalue weighted by molar-refractivity contribution is -0.0251. The molecule has 1 heterocycles. The van der Waals surface area contributed by atoms with Crippen LogP contribution < -0.4 is 11.1 Å². The number of nitrogens with two attached hydrogens (primary N) is 1. The molecule has 0 radical (unpaired) electrons. The minimum Gasteiger partial charge on any atom is -0.398 e. The quantitative estimate of drug-likeness (QED) is 0.728. The van der Waals surface area contributed by atoms with E-state index in [-0.39, 0.29) is 18.6 Å². The summed E-state index contributed by atoms with van der Waals surface area (Å²) in [5.41, 5.74) is 5.41. The van der Waals surface area contributed by atoms with E-state index in [2.05, 4.69) is 5.32 Å². The molecule has 0 spiro atoms. The number of carbonyl (C=O) groups is 1. The number of nitrogens with one attached hydrogen (secondary N) is 1. The summed E-state index contributed by atoms with van der Waals surface area (Å²) in [7, 11) is 0. The van der Waals surface area contributed by atoms with E-state index in [4.69, 9.17) is 22.1 Å². The van der Waals surface area contributed by atoms with E-state index >= 15 is 0 Å². The highest BCUT2D eigenvalue weighted by atomic mass is 35.5. The molecule has 1 aromatic carbocycles. The Morgan fingerprint density at radius 3 is 3.00 bits per heavy atom. The summed E-state index contributed by atoms with van der Waals surface area (Å²) in [5, 5.41) is 13.3. The highest BCUT2D eigenvalue weighted by Gasteiger charge is 2.39. The van der Waals surface area contributed by atoms with E-state index in [9.17, 15) is 9.90 Å². The van der Waals surface area contributed by atoms with Crippen molar-refractivity contribution in [1.29, 1.82) is 0 Å². The topological polar surface area (TPSA) is 84.6 Å². The summed E-state index contributed by atoms with van der Waals surface area (Å²) in [5.74, 6) is -0.297. The molecular formula is C13H17ClN2O3. The second-order valence-corrected chi connectivity index (χ2v) is 5.19. The number of hydrogen-bond acceptors (Lipinski definition) is 4. The van der Waals surface area contributed by atoms with Gasteiger partial charge in [-0.15, -0.1) is 0 Å². The van der Waals surface area contributed by atoms with Crippen molar-refractivity contribution in [3.63, 3.8) is 0 Å². The first-order valence-corrected chi connectivity index (χ1v) is 6.47. The molecule has 1 amide bonds. The third-order valence-corrected chi connectivity index (χ3v) is 3.80. The zero-order valence-corrected chi connectivity index (χ0v) is 11.4. The molecule has 1 saturated heterocycles. The molecule has 6 heteroatoms. The number of benzene rings is 1. The minimum atomic E-state index is -1.01. The van der Waals surface area contributed by atoms with E-state index in [0.29, 0.717) is 29.3 Å². The highest BCUT2D eigenvalue weighted by molar-refractivity contribution is 6.33. The lowest BCUT2D eigenvalue weighted by Crippen LogP contribution is -2.47. The van der Waals surface area contributed by atoms with Crippen molar-refractivity contribution >= 4 is 23.2 Å². The number of carbonyl (C=O) groups excluding carboxylic acids is 1. The number of nitrogen functional groups attached to an aromatic ring is 1. The van der Waals surface area contributed by atoms with Crippen LogP contribution in [-0.4, -0.2) is 35.9 Å². The molecule has 0 aromatic heterocycles. The van der Waals surface area contributed by atoms with Gasteiger partial charge >= 0.3 is 0 Å². The molecule has 19 heavy (non-hydrogen) atoms. The number of amides is 1. The van der Waals surface area contributed by atoms with Crippen LogP contribution in [0.5, 0.6) is 0 Å². The van der Waals surface area contributed by atoms with E-state index in [1.807, 2.05) is 0 Å². The maximum absolute atomic E-state index is 12.0. The van der Waals surface area contributed by atoms with Crippen LogP contribution >= 0.6 is 11.6 Å². The number of halogens is 1. The predicted octanol–water partition coefficient (Wildman–Crippen LogP) is 1.19. The van der Waals surface area contributed by atoms with Gasteiger partial charge in [0.1, 0.15) is 5.60 Å². The molecule has 0 aliphatic carbocycles. The average molecular weight is 285 g/mol. The van der Waals surface area contributed by atoms with Crippen molar-refractivity contribution in [2.24, 2.45) is 0 Å². The molecule has 104 valence electrons. The van der Waals surface area contributed by atoms with Crippen molar-refractivity contribution in [3.05, 3.63) is 28.8 Å². The fraction of sp³-hybridized carbons (Fsp3) is 0.462. The van der Waals surface area contributed by atoms with Gasteiger partial charge in [0, 0.05) is 25.1 Å². The van der Waals surface area contributed by atoms with Gasteiger partial charge in [-0.25, -0.2) is 0 Å². The van der Waals surface area contributed by atoms with Gasteiger partial charge in [-0.05, 0) is 25.1 Å². The molecule has 2 unspecified atom stereocenters. The number of aliphatic hydroxyl groups is 1. The number of anilines is 1. The molecule has 5 nitrogen and oxygen atoms in total. The first kappa shape index (κ1) is 14.1. The van der Waals surface area contributed by atoms with Crippen molar-refractivity contribution in [2.45, 2.75) is 25.0 Å². The Morgan fingerprint density at radius 1 is 1.68 bits per heavy atom. The Balaban J connectivity index is 1.99. The molecule has 1 aliphatic heterocycles. The molecule has 2 rings (SSSR count). The Morgan fingerprint density at radius 2 is 2.42 bits per heavy atom. The normalized spacial score (nSPS) is 26.4. The van der Waals surface area contributed by atoms with Crippen LogP contribution in [0.25, 0.3) is 0 Å². The summed E-state index contributed by atoms with van der Waals surface area (Å²) in [4.78, 5) is 12.0. The zero-order chi connectivity index (χ0) is 14.0. The Labute approximate surface area is 116 Å². The Hall–Kier alpha value is -1.30. The van der Waals surface area contributed by atoms with Crippen LogP contribution in [0, 0.1) is 0 Å². The molecule has 0 bridgehead atoms. The fourth-order valence-electron chi connectivity index (χ4n) is 2.01. The van der Waals surface area contributed by atoms with Crippen molar-refractivity contribution < 1.29 is 14.6 Å². The zero-order valence-electron chi connectivity index (χ0n) is 10.6. The number of hydrogen-bond donors (Lipinski definition) is 3. The number of rotatable bonds is 3. The Kier molecular flexibility index (Phi) is 3.99. The third-order valence-electron chi connectivity index (χ3n) is 3.48. The second-order valence-electron chi connectivity index (χ2n) is 4.79. The second kappa shape index (κ2) is 5.36. The average Bonchev–Trinajstić information content (AvgIpc) is 2.71. The van der Waals surface area contributed by atoms with E-state index in [1.165, 1.54) is 6.07 Å². The van der Waals surface area contributed by atoms with Gasteiger partial charge in [0.15, 0.2) is 0 Å². The van der Waals surface area contributed by atoms with Crippen LogP contribution in [0.15, 0.2) is 18.2 Å². The van der Waals surface area contributed by atoms with Gasteiger partial charge in [0.25, 0.3) is 5.91 Å².